The summed E-state index contributed by atoms with van der Waals surface area (Å²) in [4.78, 5) is 0. The Morgan fingerprint density at radius 2 is 2.00 bits per heavy atom. The molecule has 110 valence electrons. The summed E-state index contributed by atoms with van der Waals surface area (Å²) in [5.74, 6) is 1.30. The van der Waals surface area contributed by atoms with Crippen molar-refractivity contribution in [3.05, 3.63) is 58.9 Å². The second kappa shape index (κ2) is 5.37. The summed E-state index contributed by atoms with van der Waals surface area (Å²) < 4.78 is 24.5. The van der Waals surface area contributed by atoms with Gasteiger partial charge in [-0.3, -0.25) is 0 Å². The Morgan fingerprint density at radius 3 is 2.71 bits per heavy atom. The van der Waals surface area contributed by atoms with Gasteiger partial charge < -0.3 is 15.2 Å². The lowest BCUT2D eigenvalue weighted by Crippen LogP contribution is -2.24. The maximum atomic E-state index is 13.2. The zero-order chi connectivity index (χ0) is 15.0. The van der Waals surface area contributed by atoms with E-state index in [2.05, 4.69) is 0 Å². The van der Waals surface area contributed by atoms with Crippen molar-refractivity contribution in [3.8, 4) is 11.5 Å². The molecule has 0 radical (unpaired) electrons. The van der Waals surface area contributed by atoms with Gasteiger partial charge in [-0.25, -0.2) is 4.39 Å². The fourth-order valence-corrected chi connectivity index (χ4v) is 2.80. The van der Waals surface area contributed by atoms with E-state index in [0.29, 0.717) is 6.42 Å². The molecule has 4 heteroatoms. The first-order valence-corrected chi connectivity index (χ1v) is 6.94. The van der Waals surface area contributed by atoms with Gasteiger partial charge in [0.2, 0.25) is 0 Å². The van der Waals surface area contributed by atoms with E-state index in [1.807, 2.05) is 25.1 Å². The Morgan fingerprint density at radius 1 is 1.19 bits per heavy atom. The second-order valence-electron chi connectivity index (χ2n) is 5.35. The molecule has 2 atom stereocenters. The molecule has 0 aromatic heterocycles. The van der Waals surface area contributed by atoms with Crippen molar-refractivity contribution in [3.63, 3.8) is 0 Å². The third-order valence-corrected chi connectivity index (χ3v) is 3.93. The average Bonchev–Trinajstić information content (AvgIpc) is 2.47. The van der Waals surface area contributed by atoms with Crippen LogP contribution in [0.5, 0.6) is 11.5 Å². The third kappa shape index (κ3) is 2.59. The standard InChI is InChI=1S/C17H18FNO2/c1-10-7-11(18)3-5-13(10)17-9-15(19)14-8-12(20-2)4-6-16(14)21-17/h3-8,15,17H,9,19H2,1-2H3. The predicted octanol–water partition coefficient (Wildman–Crippen LogP) is 3.67. The maximum Gasteiger partial charge on any atom is 0.126 e. The van der Waals surface area contributed by atoms with Crippen LogP contribution in [-0.2, 0) is 0 Å². The number of hydrogen-bond donors (Lipinski definition) is 1. The lowest BCUT2D eigenvalue weighted by atomic mass is 9.91. The number of ether oxygens (including phenoxy) is 2. The summed E-state index contributed by atoms with van der Waals surface area (Å²) >= 11 is 0. The van der Waals surface area contributed by atoms with Crippen molar-refractivity contribution in [2.45, 2.75) is 25.5 Å². The molecule has 0 saturated heterocycles. The topological polar surface area (TPSA) is 44.5 Å². The predicted molar refractivity (Wildman–Crippen MR) is 79.0 cm³/mol. The van der Waals surface area contributed by atoms with E-state index < -0.39 is 0 Å². The monoisotopic (exact) mass is 287 g/mol. The fourth-order valence-electron chi connectivity index (χ4n) is 2.80. The van der Waals surface area contributed by atoms with E-state index in [4.69, 9.17) is 15.2 Å². The SMILES string of the molecule is COc1ccc2c(c1)C(N)CC(c1ccc(F)cc1C)O2. The molecule has 0 bridgehead atoms. The van der Waals surface area contributed by atoms with Crippen LogP contribution in [0, 0.1) is 12.7 Å². The summed E-state index contributed by atoms with van der Waals surface area (Å²) in [6.45, 7) is 1.89. The molecule has 0 amide bonds. The zero-order valence-electron chi connectivity index (χ0n) is 12.1. The Bertz CT molecular complexity index is 672. The summed E-state index contributed by atoms with van der Waals surface area (Å²) in [7, 11) is 1.63. The Balaban J connectivity index is 1.94. The van der Waals surface area contributed by atoms with Gasteiger partial charge in [-0.1, -0.05) is 6.07 Å². The van der Waals surface area contributed by atoms with Gasteiger partial charge in [-0.05, 0) is 48.4 Å². The highest BCUT2D eigenvalue weighted by Crippen LogP contribution is 2.41. The minimum atomic E-state index is -0.235. The highest BCUT2D eigenvalue weighted by molar-refractivity contribution is 5.44. The van der Waals surface area contributed by atoms with E-state index in [9.17, 15) is 4.39 Å². The van der Waals surface area contributed by atoms with E-state index in [0.717, 1.165) is 28.2 Å². The number of rotatable bonds is 2. The van der Waals surface area contributed by atoms with Crippen molar-refractivity contribution in [2.75, 3.05) is 7.11 Å². The lowest BCUT2D eigenvalue weighted by Gasteiger charge is -2.31. The highest BCUT2D eigenvalue weighted by atomic mass is 19.1. The van der Waals surface area contributed by atoms with Crippen LogP contribution in [0.25, 0.3) is 0 Å². The molecule has 1 aliphatic heterocycles. The lowest BCUT2D eigenvalue weighted by molar-refractivity contribution is 0.160. The van der Waals surface area contributed by atoms with Gasteiger partial charge in [-0.2, -0.15) is 0 Å². The molecule has 0 aliphatic carbocycles. The molecule has 2 unspecified atom stereocenters. The zero-order valence-corrected chi connectivity index (χ0v) is 12.1. The molecule has 2 aromatic carbocycles. The molecule has 0 spiro atoms. The molecular weight excluding hydrogens is 269 g/mol. The number of fused-ring (bicyclic) bond motifs is 1. The number of nitrogens with two attached hydrogens (primary N) is 1. The van der Waals surface area contributed by atoms with Crippen molar-refractivity contribution in [2.24, 2.45) is 5.73 Å². The van der Waals surface area contributed by atoms with Crippen LogP contribution in [0.1, 0.15) is 35.3 Å². The first-order chi connectivity index (χ1) is 10.1. The largest absolute Gasteiger partial charge is 0.497 e. The number of aryl methyl sites for hydroxylation is 1. The Hall–Kier alpha value is -2.07. The molecule has 1 aliphatic rings. The average molecular weight is 287 g/mol. The molecule has 1 heterocycles. The molecule has 3 rings (SSSR count). The minimum Gasteiger partial charge on any atom is -0.497 e. The van der Waals surface area contributed by atoms with E-state index >= 15 is 0 Å². The molecular formula is C17H18FNO2. The summed E-state index contributed by atoms with van der Waals surface area (Å²) in [5, 5.41) is 0. The normalized spacial score (nSPS) is 20.6. The van der Waals surface area contributed by atoms with E-state index in [1.165, 1.54) is 12.1 Å². The van der Waals surface area contributed by atoms with Gasteiger partial charge >= 0.3 is 0 Å². The van der Waals surface area contributed by atoms with E-state index in [-0.39, 0.29) is 18.0 Å². The Kier molecular flexibility index (Phi) is 3.55. The molecule has 0 saturated carbocycles. The minimum absolute atomic E-state index is 0.127. The molecule has 21 heavy (non-hydrogen) atoms. The first kappa shape index (κ1) is 13.9. The van der Waals surface area contributed by atoms with Crippen molar-refractivity contribution >= 4 is 0 Å². The second-order valence-corrected chi connectivity index (χ2v) is 5.35. The van der Waals surface area contributed by atoms with Crippen LogP contribution >= 0.6 is 0 Å². The van der Waals surface area contributed by atoms with Crippen molar-refractivity contribution in [1.29, 1.82) is 0 Å². The van der Waals surface area contributed by atoms with Crippen molar-refractivity contribution in [1.82, 2.24) is 0 Å². The number of methoxy groups -OCH3 is 1. The van der Waals surface area contributed by atoms with Gasteiger partial charge in [0, 0.05) is 18.0 Å². The Labute approximate surface area is 123 Å². The van der Waals surface area contributed by atoms with Gasteiger partial charge in [0.25, 0.3) is 0 Å². The molecule has 3 nitrogen and oxygen atoms in total. The van der Waals surface area contributed by atoms with Crippen LogP contribution in [0.4, 0.5) is 4.39 Å². The van der Waals surface area contributed by atoms with Crippen LogP contribution < -0.4 is 15.2 Å². The van der Waals surface area contributed by atoms with Crippen LogP contribution in [0.3, 0.4) is 0 Å². The number of hydrogen-bond acceptors (Lipinski definition) is 3. The third-order valence-electron chi connectivity index (χ3n) is 3.93. The van der Waals surface area contributed by atoms with Gasteiger partial charge in [-0.15, -0.1) is 0 Å². The number of halogens is 1. The highest BCUT2D eigenvalue weighted by Gasteiger charge is 2.28. The molecule has 2 N–H and O–H groups in total. The van der Waals surface area contributed by atoms with E-state index in [1.54, 1.807) is 13.2 Å². The van der Waals surface area contributed by atoms with Crippen LogP contribution in [0.15, 0.2) is 36.4 Å². The van der Waals surface area contributed by atoms with Crippen molar-refractivity contribution < 1.29 is 13.9 Å². The molecule has 0 fully saturated rings. The fraction of sp³-hybridized carbons (Fsp3) is 0.294. The van der Waals surface area contributed by atoms with Gasteiger partial charge in [0.05, 0.1) is 7.11 Å². The smallest absolute Gasteiger partial charge is 0.126 e. The maximum absolute atomic E-state index is 13.2. The first-order valence-electron chi connectivity index (χ1n) is 6.94. The number of benzene rings is 2. The van der Waals surface area contributed by atoms with Crippen LogP contribution in [-0.4, -0.2) is 7.11 Å². The summed E-state index contributed by atoms with van der Waals surface area (Å²) in [6, 6.07) is 10.3. The molecule has 2 aromatic rings. The van der Waals surface area contributed by atoms with Crippen LogP contribution in [0.2, 0.25) is 0 Å². The van der Waals surface area contributed by atoms with Gasteiger partial charge in [0.1, 0.15) is 23.4 Å². The summed E-state index contributed by atoms with van der Waals surface area (Å²) in [5.41, 5.74) is 9.08. The summed E-state index contributed by atoms with van der Waals surface area (Å²) in [6.07, 6.45) is 0.508. The quantitative estimate of drug-likeness (QED) is 0.916. The van der Waals surface area contributed by atoms with Gasteiger partial charge in [0.15, 0.2) is 0 Å².